The number of amides is 3. The van der Waals surface area contributed by atoms with Gasteiger partial charge in [0.2, 0.25) is 0 Å². The van der Waals surface area contributed by atoms with Crippen molar-refractivity contribution in [2.45, 2.75) is 45.5 Å². The van der Waals surface area contributed by atoms with Crippen molar-refractivity contribution in [3.63, 3.8) is 0 Å². The first-order chi connectivity index (χ1) is 10.5. The second-order valence-corrected chi connectivity index (χ2v) is 7.05. The van der Waals surface area contributed by atoms with E-state index in [1.165, 1.54) is 17.2 Å². The number of carbonyl (C=O) groups is 2. The number of anilines is 1. The maximum Gasteiger partial charge on any atom is 0.328 e. The SMILES string of the molecule is CC1C(O)N(c2cc(Cl)c(C(=O)NC(C)(C)C)cn2)C(=O)N1C. The largest absolute Gasteiger partial charge is 0.371 e. The predicted octanol–water partition coefficient (Wildman–Crippen LogP) is 1.84. The molecular weight excluding hydrogens is 320 g/mol. The Kier molecular flexibility index (Phi) is 4.54. The highest BCUT2D eigenvalue weighted by atomic mass is 35.5. The van der Waals surface area contributed by atoms with E-state index in [2.05, 4.69) is 10.3 Å². The lowest BCUT2D eigenvalue weighted by atomic mass is 10.1. The van der Waals surface area contributed by atoms with Crippen molar-refractivity contribution in [3.8, 4) is 0 Å². The molecule has 2 atom stereocenters. The van der Waals surface area contributed by atoms with Crippen LogP contribution in [0.1, 0.15) is 38.1 Å². The minimum Gasteiger partial charge on any atom is -0.371 e. The summed E-state index contributed by atoms with van der Waals surface area (Å²) in [5, 5.41) is 13.1. The van der Waals surface area contributed by atoms with Gasteiger partial charge in [0, 0.05) is 24.8 Å². The number of urea groups is 1. The van der Waals surface area contributed by atoms with E-state index in [1.807, 2.05) is 20.8 Å². The zero-order chi connectivity index (χ0) is 17.5. The summed E-state index contributed by atoms with van der Waals surface area (Å²) in [6.45, 7) is 7.31. The van der Waals surface area contributed by atoms with E-state index in [9.17, 15) is 14.7 Å². The fraction of sp³-hybridized carbons (Fsp3) is 0.533. The second-order valence-electron chi connectivity index (χ2n) is 6.64. The number of pyridine rings is 1. The average Bonchev–Trinajstić information content (AvgIpc) is 2.61. The first-order valence-corrected chi connectivity index (χ1v) is 7.63. The summed E-state index contributed by atoms with van der Waals surface area (Å²) in [6, 6.07) is 0.666. The number of halogens is 1. The highest BCUT2D eigenvalue weighted by molar-refractivity contribution is 6.34. The second kappa shape index (κ2) is 5.98. The molecule has 7 nitrogen and oxygen atoms in total. The normalized spacial score (nSPS) is 21.8. The van der Waals surface area contributed by atoms with Crippen molar-refractivity contribution in [3.05, 3.63) is 22.8 Å². The van der Waals surface area contributed by atoms with Crippen molar-refractivity contribution in [1.29, 1.82) is 0 Å². The number of aromatic nitrogens is 1. The Morgan fingerprint density at radius 1 is 1.43 bits per heavy atom. The maximum atomic E-state index is 12.2. The summed E-state index contributed by atoms with van der Waals surface area (Å²) >= 11 is 6.17. The number of nitrogens with one attached hydrogen (secondary N) is 1. The van der Waals surface area contributed by atoms with E-state index < -0.39 is 11.8 Å². The van der Waals surface area contributed by atoms with Gasteiger partial charge in [-0.3, -0.25) is 4.79 Å². The van der Waals surface area contributed by atoms with Crippen LogP contribution in [0.2, 0.25) is 5.02 Å². The number of carbonyl (C=O) groups excluding carboxylic acids is 2. The van der Waals surface area contributed by atoms with Crippen LogP contribution in [0.5, 0.6) is 0 Å². The molecule has 1 aliphatic rings. The molecule has 1 aromatic heterocycles. The summed E-state index contributed by atoms with van der Waals surface area (Å²) in [5.41, 5.74) is -0.189. The van der Waals surface area contributed by atoms with Crippen molar-refractivity contribution in [2.24, 2.45) is 0 Å². The fourth-order valence-corrected chi connectivity index (χ4v) is 2.47. The van der Waals surface area contributed by atoms with Gasteiger partial charge in [-0.15, -0.1) is 0 Å². The van der Waals surface area contributed by atoms with Crippen LogP contribution < -0.4 is 10.2 Å². The lowest BCUT2D eigenvalue weighted by molar-refractivity contribution is 0.0919. The molecule has 1 aromatic rings. The van der Waals surface area contributed by atoms with Gasteiger partial charge in [-0.05, 0) is 27.7 Å². The van der Waals surface area contributed by atoms with Crippen molar-refractivity contribution >= 4 is 29.4 Å². The van der Waals surface area contributed by atoms with Crippen LogP contribution in [0.4, 0.5) is 10.6 Å². The molecular formula is C15H21ClN4O3. The third-order valence-corrected chi connectivity index (χ3v) is 3.95. The summed E-state index contributed by atoms with van der Waals surface area (Å²) in [4.78, 5) is 31.0. The molecule has 2 N–H and O–H groups in total. The lowest BCUT2D eigenvalue weighted by Gasteiger charge is -2.22. The molecule has 1 saturated heterocycles. The molecule has 1 fully saturated rings. The zero-order valence-corrected chi connectivity index (χ0v) is 14.5. The monoisotopic (exact) mass is 340 g/mol. The van der Waals surface area contributed by atoms with Gasteiger partial charge in [0.05, 0.1) is 16.6 Å². The van der Waals surface area contributed by atoms with E-state index in [4.69, 9.17) is 11.6 Å². The molecule has 0 radical (unpaired) electrons. The number of rotatable bonds is 2. The Hall–Kier alpha value is -1.86. The molecule has 2 unspecified atom stereocenters. The number of hydrogen-bond donors (Lipinski definition) is 2. The van der Waals surface area contributed by atoms with Crippen molar-refractivity contribution in [1.82, 2.24) is 15.2 Å². The van der Waals surface area contributed by atoms with E-state index in [0.29, 0.717) is 0 Å². The zero-order valence-electron chi connectivity index (χ0n) is 13.8. The van der Waals surface area contributed by atoms with Crippen molar-refractivity contribution < 1.29 is 14.7 Å². The average molecular weight is 341 g/mol. The molecule has 126 valence electrons. The summed E-state index contributed by atoms with van der Waals surface area (Å²) < 4.78 is 0. The van der Waals surface area contributed by atoms with Gasteiger partial charge in [0.1, 0.15) is 5.82 Å². The van der Waals surface area contributed by atoms with Crippen LogP contribution in [0.3, 0.4) is 0 Å². The van der Waals surface area contributed by atoms with Crippen molar-refractivity contribution in [2.75, 3.05) is 11.9 Å². The number of aliphatic hydroxyl groups is 1. The van der Waals surface area contributed by atoms with Gasteiger partial charge < -0.3 is 15.3 Å². The molecule has 0 aromatic carbocycles. The highest BCUT2D eigenvalue weighted by Crippen LogP contribution is 2.28. The van der Waals surface area contributed by atoms with Gasteiger partial charge >= 0.3 is 6.03 Å². The summed E-state index contributed by atoms with van der Waals surface area (Å²) in [6.07, 6.45) is 0.284. The number of nitrogens with zero attached hydrogens (tertiary/aromatic N) is 3. The maximum absolute atomic E-state index is 12.2. The summed E-state index contributed by atoms with van der Waals surface area (Å²) in [7, 11) is 1.60. The van der Waals surface area contributed by atoms with Gasteiger partial charge in [-0.1, -0.05) is 11.6 Å². The van der Waals surface area contributed by atoms with Crippen LogP contribution >= 0.6 is 11.6 Å². The Morgan fingerprint density at radius 3 is 2.48 bits per heavy atom. The standard InChI is InChI=1S/C15H21ClN4O3/c1-8-13(22)20(14(23)19(8)5)11-6-10(16)9(7-17-11)12(21)18-15(2,3)4/h6-8,13,22H,1-5H3,(H,18,21). The minimum atomic E-state index is -1.02. The van der Waals surface area contributed by atoms with Crippen LogP contribution in [-0.2, 0) is 0 Å². The highest BCUT2D eigenvalue weighted by Gasteiger charge is 2.42. The van der Waals surface area contributed by atoms with Crippen LogP contribution in [0.25, 0.3) is 0 Å². The van der Waals surface area contributed by atoms with Gasteiger partial charge in [0.25, 0.3) is 5.91 Å². The number of likely N-dealkylation sites (N-methyl/N-ethyl adjacent to an activating group) is 1. The van der Waals surface area contributed by atoms with Gasteiger partial charge in [-0.25, -0.2) is 14.7 Å². The van der Waals surface area contributed by atoms with Gasteiger partial charge in [-0.2, -0.15) is 0 Å². The Balaban J connectivity index is 2.30. The molecule has 1 aliphatic heterocycles. The number of hydrogen-bond acceptors (Lipinski definition) is 4. The summed E-state index contributed by atoms with van der Waals surface area (Å²) in [5.74, 6) is -0.142. The smallest absolute Gasteiger partial charge is 0.328 e. The van der Waals surface area contributed by atoms with Crippen LogP contribution in [0, 0.1) is 0 Å². The molecule has 8 heteroatoms. The molecule has 0 aliphatic carbocycles. The van der Waals surface area contributed by atoms with E-state index >= 15 is 0 Å². The predicted molar refractivity (Wildman–Crippen MR) is 87.6 cm³/mol. The molecule has 23 heavy (non-hydrogen) atoms. The van der Waals surface area contributed by atoms with E-state index in [1.54, 1.807) is 14.0 Å². The lowest BCUT2D eigenvalue weighted by Crippen LogP contribution is -2.41. The third-order valence-electron chi connectivity index (χ3n) is 3.63. The van der Waals surface area contributed by atoms with Crippen LogP contribution in [-0.4, -0.2) is 51.8 Å². The number of aliphatic hydroxyl groups excluding tert-OH is 1. The molecule has 3 amide bonds. The molecule has 0 saturated carbocycles. The van der Waals surface area contributed by atoms with Gasteiger partial charge in [0.15, 0.2) is 6.23 Å². The van der Waals surface area contributed by atoms with E-state index in [-0.39, 0.29) is 34.4 Å². The molecule has 0 bridgehead atoms. The topological polar surface area (TPSA) is 85.8 Å². The van der Waals surface area contributed by atoms with Crippen LogP contribution in [0.15, 0.2) is 12.3 Å². The first kappa shape index (κ1) is 17.5. The molecule has 2 heterocycles. The Labute approximate surface area is 140 Å². The minimum absolute atomic E-state index is 0.166. The van der Waals surface area contributed by atoms with E-state index in [0.717, 1.165) is 4.90 Å². The molecule has 0 spiro atoms. The Bertz CT molecular complexity index is 644. The quantitative estimate of drug-likeness (QED) is 0.860. The Morgan fingerprint density at radius 2 is 2.04 bits per heavy atom. The first-order valence-electron chi connectivity index (χ1n) is 7.25. The fourth-order valence-electron chi connectivity index (χ4n) is 2.23. The molecule has 2 rings (SSSR count). The third kappa shape index (κ3) is 3.40.